The van der Waals surface area contributed by atoms with Crippen LogP contribution in [-0.2, 0) is 6.54 Å². The summed E-state index contributed by atoms with van der Waals surface area (Å²) in [5.74, 6) is 1.16. The molecule has 4 nitrogen and oxygen atoms in total. The average molecular weight is 416 g/mol. The van der Waals surface area contributed by atoms with Crippen molar-refractivity contribution in [2.75, 3.05) is 13.1 Å². The molecule has 4 aromatic rings. The van der Waals surface area contributed by atoms with Gasteiger partial charge in [-0.25, -0.2) is 4.98 Å². The topological polar surface area (TPSA) is 49.0 Å². The molecule has 0 bridgehead atoms. The molecule has 0 aliphatic carbocycles. The van der Waals surface area contributed by atoms with E-state index in [1.54, 1.807) is 11.3 Å². The molecule has 1 N–H and O–H groups in total. The third-order valence-electron chi connectivity index (χ3n) is 6.02. The van der Waals surface area contributed by atoms with Crippen LogP contribution in [-0.4, -0.2) is 28.0 Å². The molecule has 1 saturated heterocycles. The highest BCUT2D eigenvalue weighted by Crippen LogP contribution is 2.28. The zero-order chi connectivity index (χ0) is 20.5. The summed E-state index contributed by atoms with van der Waals surface area (Å²) in [5.41, 5.74) is 4.49. The quantitative estimate of drug-likeness (QED) is 0.489. The van der Waals surface area contributed by atoms with Crippen molar-refractivity contribution >= 4 is 22.2 Å². The highest BCUT2D eigenvalue weighted by atomic mass is 32.1. The number of thiophene rings is 1. The van der Waals surface area contributed by atoms with Crippen molar-refractivity contribution in [3.05, 3.63) is 87.3 Å². The highest BCUT2D eigenvalue weighted by Gasteiger charge is 2.23. The second kappa shape index (κ2) is 8.17. The predicted octanol–water partition coefficient (Wildman–Crippen LogP) is 5.34. The van der Waals surface area contributed by atoms with E-state index in [4.69, 9.17) is 4.98 Å². The fraction of sp³-hybridized carbons (Fsp3) is 0.280. The van der Waals surface area contributed by atoms with Gasteiger partial charge in [0.1, 0.15) is 5.82 Å². The lowest BCUT2D eigenvalue weighted by atomic mass is 9.95. The van der Waals surface area contributed by atoms with Gasteiger partial charge in [0, 0.05) is 17.3 Å². The largest absolute Gasteiger partial charge is 0.310 e. The zero-order valence-corrected chi connectivity index (χ0v) is 17.9. The number of likely N-dealkylation sites (tertiary alicyclic amines) is 1. The summed E-state index contributed by atoms with van der Waals surface area (Å²) in [6, 6.07) is 19.1. The number of aryl methyl sites for hydroxylation is 1. The molecule has 0 saturated carbocycles. The molecule has 3 heterocycles. The van der Waals surface area contributed by atoms with Gasteiger partial charge < -0.3 is 4.98 Å². The number of aromatic amines is 1. The Morgan fingerprint density at radius 3 is 2.63 bits per heavy atom. The molecule has 2 aromatic carbocycles. The lowest BCUT2D eigenvalue weighted by Crippen LogP contribution is -2.33. The number of piperidine rings is 1. The highest BCUT2D eigenvalue weighted by molar-refractivity contribution is 7.13. The predicted molar refractivity (Wildman–Crippen MR) is 124 cm³/mol. The number of nitrogens with one attached hydrogen (secondary N) is 1. The monoisotopic (exact) mass is 415 g/mol. The molecule has 0 radical (unpaired) electrons. The Labute approximate surface area is 180 Å². The maximum absolute atomic E-state index is 12.5. The van der Waals surface area contributed by atoms with E-state index in [0.29, 0.717) is 11.3 Å². The van der Waals surface area contributed by atoms with E-state index < -0.39 is 0 Å². The van der Waals surface area contributed by atoms with Gasteiger partial charge in [-0.1, -0.05) is 42.0 Å². The van der Waals surface area contributed by atoms with Crippen LogP contribution in [0.15, 0.2) is 64.8 Å². The average Bonchev–Trinajstić information content (AvgIpc) is 3.30. The molecule has 0 amide bonds. The van der Waals surface area contributed by atoms with Crippen LogP contribution >= 0.6 is 11.3 Å². The summed E-state index contributed by atoms with van der Waals surface area (Å²) in [6.07, 6.45) is 2.04. The van der Waals surface area contributed by atoms with E-state index in [9.17, 15) is 4.79 Å². The van der Waals surface area contributed by atoms with Crippen molar-refractivity contribution in [1.29, 1.82) is 0 Å². The van der Waals surface area contributed by atoms with Crippen LogP contribution in [0.4, 0.5) is 0 Å². The van der Waals surface area contributed by atoms with Gasteiger partial charge in [-0.3, -0.25) is 9.69 Å². The summed E-state index contributed by atoms with van der Waals surface area (Å²) in [5, 5.41) is 2.80. The van der Waals surface area contributed by atoms with Crippen molar-refractivity contribution in [1.82, 2.24) is 14.9 Å². The van der Waals surface area contributed by atoms with Gasteiger partial charge >= 0.3 is 0 Å². The minimum atomic E-state index is -0.0213. The molecule has 1 fully saturated rings. The van der Waals surface area contributed by atoms with Crippen LogP contribution in [0.25, 0.3) is 21.3 Å². The van der Waals surface area contributed by atoms with Crippen molar-refractivity contribution in [3.8, 4) is 10.4 Å². The van der Waals surface area contributed by atoms with Crippen LogP contribution in [0.5, 0.6) is 0 Å². The molecular formula is C25H25N3OS. The molecule has 30 heavy (non-hydrogen) atoms. The fourth-order valence-corrected chi connectivity index (χ4v) is 5.04. The van der Waals surface area contributed by atoms with E-state index in [1.807, 2.05) is 25.1 Å². The molecule has 0 spiro atoms. The number of benzene rings is 2. The van der Waals surface area contributed by atoms with Crippen LogP contribution in [0.2, 0.25) is 0 Å². The van der Waals surface area contributed by atoms with E-state index in [1.165, 1.54) is 16.0 Å². The number of H-pyrrole nitrogens is 1. The molecular weight excluding hydrogens is 390 g/mol. The lowest BCUT2D eigenvalue weighted by molar-refractivity contribution is 0.202. The second-order valence-electron chi connectivity index (χ2n) is 8.20. The molecule has 0 atom stereocenters. The maximum Gasteiger partial charge on any atom is 0.258 e. The van der Waals surface area contributed by atoms with Gasteiger partial charge in [-0.05, 0) is 67.6 Å². The first kappa shape index (κ1) is 19.2. The number of nitrogens with zero attached hydrogens (tertiary/aromatic N) is 2. The van der Waals surface area contributed by atoms with Gasteiger partial charge in [0.05, 0.1) is 10.9 Å². The van der Waals surface area contributed by atoms with Gasteiger partial charge in [0.2, 0.25) is 0 Å². The molecule has 0 unspecified atom stereocenters. The van der Waals surface area contributed by atoms with Gasteiger partial charge in [-0.15, -0.1) is 11.3 Å². The van der Waals surface area contributed by atoms with Crippen LogP contribution < -0.4 is 5.56 Å². The van der Waals surface area contributed by atoms with E-state index in [-0.39, 0.29) is 5.56 Å². The Bertz CT molecular complexity index is 1200. The molecule has 1 aliphatic rings. The molecule has 1 aliphatic heterocycles. The molecule has 152 valence electrons. The minimum absolute atomic E-state index is 0.0213. The van der Waals surface area contributed by atoms with Crippen LogP contribution in [0.3, 0.4) is 0 Å². The second-order valence-corrected chi connectivity index (χ2v) is 9.14. The Hall–Kier alpha value is -2.76. The smallest absolute Gasteiger partial charge is 0.258 e. The van der Waals surface area contributed by atoms with E-state index in [2.05, 4.69) is 51.7 Å². The number of fused-ring (bicyclic) bond motifs is 1. The Morgan fingerprint density at radius 2 is 1.90 bits per heavy atom. The van der Waals surface area contributed by atoms with Crippen molar-refractivity contribution in [3.63, 3.8) is 0 Å². The zero-order valence-electron chi connectivity index (χ0n) is 17.1. The van der Waals surface area contributed by atoms with Gasteiger partial charge in [0.25, 0.3) is 5.56 Å². The molecule has 5 heteroatoms. The van der Waals surface area contributed by atoms with Crippen molar-refractivity contribution < 1.29 is 0 Å². The van der Waals surface area contributed by atoms with Crippen LogP contribution in [0.1, 0.15) is 35.7 Å². The van der Waals surface area contributed by atoms with E-state index in [0.717, 1.165) is 49.4 Å². The summed E-state index contributed by atoms with van der Waals surface area (Å²) < 4.78 is 0. The SMILES string of the molecule is Cc1ccc2nc(C3CCN(Cc4ccc(-c5cccs5)cc4)CC3)[nH]c(=O)c2c1. The van der Waals surface area contributed by atoms with Gasteiger partial charge in [-0.2, -0.15) is 0 Å². The first-order chi connectivity index (χ1) is 14.7. The normalized spacial score (nSPS) is 15.6. The third-order valence-corrected chi connectivity index (χ3v) is 6.94. The molecule has 2 aromatic heterocycles. The van der Waals surface area contributed by atoms with Crippen LogP contribution in [0, 0.1) is 6.92 Å². The first-order valence-electron chi connectivity index (χ1n) is 10.5. The van der Waals surface area contributed by atoms with Gasteiger partial charge in [0.15, 0.2) is 0 Å². The maximum atomic E-state index is 12.5. The van der Waals surface area contributed by atoms with Crippen molar-refractivity contribution in [2.24, 2.45) is 0 Å². The summed E-state index contributed by atoms with van der Waals surface area (Å²) >= 11 is 1.78. The summed E-state index contributed by atoms with van der Waals surface area (Å²) in [4.78, 5) is 24.1. The number of rotatable bonds is 4. The lowest BCUT2D eigenvalue weighted by Gasteiger charge is -2.31. The summed E-state index contributed by atoms with van der Waals surface area (Å²) in [6.45, 7) is 5.01. The third kappa shape index (κ3) is 3.95. The standard InChI is InChI=1S/C25H25N3OS/c1-17-4-9-22-21(15-17)25(29)27-24(26-22)20-10-12-28(13-11-20)16-18-5-7-19(8-6-18)23-3-2-14-30-23/h2-9,14-15,20H,10-13,16H2,1H3,(H,26,27,29). The number of aromatic nitrogens is 2. The Balaban J connectivity index is 1.24. The fourth-order valence-electron chi connectivity index (χ4n) is 4.30. The van der Waals surface area contributed by atoms with Crippen molar-refractivity contribution in [2.45, 2.75) is 32.2 Å². The Kier molecular flexibility index (Phi) is 5.23. The first-order valence-corrected chi connectivity index (χ1v) is 11.4. The minimum Gasteiger partial charge on any atom is -0.310 e. The Morgan fingerprint density at radius 1 is 1.10 bits per heavy atom. The molecule has 5 rings (SSSR count). The van der Waals surface area contributed by atoms with E-state index >= 15 is 0 Å². The number of hydrogen-bond acceptors (Lipinski definition) is 4. The number of hydrogen-bond donors (Lipinski definition) is 1. The summed E-state index contributed by atoms with van der Waals surface area (Å²) in [7, 11) is 0.